The average molecular weight is 121 g/mol. The zero-order chi connectivity index (χ0) is 6.27. The van der Waals surface area contributed by atoms with Crippen LogP contribution < -0.4 is 0 Å². The largest absolute Gasteiger partial charge is 0.353 e. The average Bonchev–Trinajstić information content (AvgIpc) is 2.22. The van der Waals surface area contributed by atoms with E-state index in [1.54, 1.807) is 6.33 Å². The maximum Gasteiger partial charge on any atom is 0.106 e. The number of nitrogens with zero attached hydrogens (tertiary/aromatic N) is 2. The Morgan fingerprint density at radius 2 is 2.44 bits per heavy atom. The van der Waals surface area contributed by atoms with E-state index in [4.69, 9.17) is 0 Å². The van der Waals surface area contributed by atoms with Crippen LogP contribution in [0.15, 0.2) is 18.7 Å². The van der Waals surface area contributed by atoms with E-state index in [9.17, 15) is 0 Å². The molecule has 0 spiro atoms. The Balaban J connectivity index is 2.92. The van der Waals surface area contributed by atoms with Crippen LogP contribution in [0.4, 0.5) is 0 Å². The third-order valence-corrected chi connectivity index (χ3v) is 1.36. The third kappa shape index (κ3) is 0.543. The van der Waals surface area contributed by atoms with Gasteiger partial charge in [0.2, 0.25) is 0 Å². The number of nitrogens with one attached hydrogen (secondary N) is 1. The van der Waals surface area contributed by atoms with Crippen LogP contribution in [0.2, 0.25) is 0 Å². The normalized spacial score (nSPS) is 10.8. The van der Waals surface area contributed by atoms with Crippen LogP contribution in [-0.2, 0) is 7.05 Å². The predicted molar refractivity (Wildman–Crippen MR) is 35.1 cm³/mol. The SMILES string of the molecule is Cn1cc2nc[nH]c2c1. The van der Waals surface area contributed by atoms with Crippen molar-refractivity contribution >= 4 is 11.0 Å². The number of rotatable bonds is 0. The van der Waals surface area contributed by atoms with Gasteiger partial charge in [0.05, 0.1) is 11.8 Å². The molecule has 9 heavy (non-hydrogen) atoms. The van der Waals surface area contributed by atoms with Crippen molar-refractivity contribution < 1.29 is 0 Å². The van der Waals surface area contributed by atoms with Gasteiger partial charge >= 0.3 is 0 Å². The van der Waals surface area contributed by atoms with Crippen molar-refractivity contribution in [2.75, 3.05) is 0 Å². The van der Waals surface area contributed by atoms with Gasteiger partial charge in [-0.25, -0.2) is 4.98 Å². The molecule has 3 nitrogen and oxygen atoms in total. The minimum Gasteiger partial charge on any atom is -0.353 e. The molecule has 0 saturated carbocycles. The molecular weight excluding hydrogens is 114 g/mol. The van der Waals surface area contributed by atoms with E-state index >= 15 is 0 Å². The number of fused-ring (bicyclic) bond motifs is 1. The van der Waals surface area contributed by atoms with Crippen LogP contribution in [-0.4, -0.2) is 14.5 Å². The van der Waals surface area contributed by atoms with Gasteiger partial charge in [-0.15, -0.1) is 0 Å². The maximum absolute atomic E-state index is 4.06. The van der Waals surface area contributed by atoms with Crippen LogP contribution in [0.25, 0.3) is 11.0 Å². The highest BCUT2D eigenvalue weighted by molar-refractivity contribution is 5.73. The summed E-state index contributed by atoms with van der Waals surface area (Å²) in [5.74, 6) is 0. The lowest BCUT2D eigenvalue weighted by Gasteiger charge is -1.80. The number of aromatic amines is 1. The Morgan fingerprint density at radius 3 is 3.22 bits per heavy atom. The molecule has 0 amide bonds. The first-order valence-corrected chi connectivity index (χ1v) is 2.81. The fourth-order valence-corrected chi connectivity index (χ4v) is 0.955. The Morgan fingerprint density at radius 1 is 1.56 bits per heavy atom. The molecule has 0 fully saturated rings. The molecule has 0 aliphatic carbocycles. The molecule has 2 heterocycles. The molecule has 3 heteroatoms. The second kappa shape index (κ2) is 1.37. The quantitative estimate of drug-likeness (QED) is 0.552. The highest BCUT2D eigenvalue weighted by Gasteiger charge is 1.94. The van der Waals surface area contributed by atoms with E-state index in [0.717, 1.165) is 11.0 Å². The predicted octanol–water partition coefficient (Wildman–Crippen LogP) is 0.901. The topological polar surface area (TPSA) is 33.6 Å². The van der Waals surface area contributed by atoms with Gasteiger partial charge in [-0.2, -0.15) is 0 Å². The first-order valence-electron chi connectivity index (χ1n) is 2.81. The highest BCUT2D eigenvalue weighted by atomic mass is 15.0. The van der Waals surface area contributed by atoms with Crippen LogP contribution in [0, 0.1) is 0 Å². The van der Waals surface area contributed by atoms with Gasteiger partial charge in [0.25, 0.3) is 0 Å². The van der Waals surface area contributed by atoms with Crippen molar-refractivity contribution in [1.29, 1.82) is 0 Å². The van der Waals surface area contributed by atoms with E-state index in [1.165, 1.54) is 0 Å². The highest BCUT2D eigenvalue weighted by Crippen LogP contribution is 2.06. The number of aryl methyl sites for hydroxylation is 1. The zero-order valence-electron chi connectivity index (χ0n) is 5.13. The summed E-state index contributed by atoms with van der Waals surface area (Å²) in [6.45, 7) is 0. The van der Waals surface area contributed by atoms with E-state index in [1.807, 2.05) is 24.0 Å². The van der Waals surface area contributed by atoms with Crippen molar-refractivity contribution in [3.8, 4) is 0 Å². The fourth-order valence-electron chi connectivity index (χ4n) is 0.955. The smallest absolute Gasteiger partial charge is 0.106 e. The molecule has 0 atom stereocenters. The van der Waals surface area contributed by atoms with Crippen molar-refractivity contribution in [2.24, 2.45) is 7.05 Å². The van der Waals surface area contributed by atoms with E-state index in [0.29, 0.717) is 0 Å². The third-order valence-electron chi connectivity index (χ3n) is 1.36. The lowest BCUT2D eigenvalue weighted by molar-refractivity contribution is 0.929. The van der Waals surface area contributed by atoms with E-state index in [-0.39, 0.29) is 0 Å². The van der Waals surface area contributed by atoms with Gasteiger partial charge in [-0.3, -0.25) is 0 Å². The first kappa shape index (κ1) is 4.61. The summed E-state index contributed by atoms with van der Waals surface area (Å²) in [6.07, 6.45) is 5.68. The van der Waals surface area contributed by atoms with Crippen molar-refractivity contribution in [1.82, 2.24) is 14.5 Å². The Kier molecular flexibility index (Phi) is 0.704. The molecule has 0 aliphatic heterocycles. The summed E-state index contributed by atoms with van der Waals surface area (Å²) in [4.78, 5) is 7.07. The summed E-state index contributed by atoms with van der Waals surface area (Å²) in [5, 5.41) is 0. The molecule has 0 radical (unpaired) electrons. The molecule has 2 aromatic rings. The van der Waals surface area contributed by atoms with Crippen LogP contribution in [0.3, 0.4) is 0 Å². The van der Waals surface area contributed by atoms with Crippen LogP contribution >= 0.6 is 0 Å². The summed E-state index contributed by atoms with van der Waals surface area (Å²) in [6, 6.07) is 0. The van der Waals surface area contributed by atoms with Gasteiger partial charge in [-0.1, -0.05) is 0 Å². The number of hydrogen-bond acceptors (Lipinski definition) is 1. The molecule has 0 aliphatic rings. The molecule has 2 rings (SSSR count). The summed E-state index contributed by atoms with van der Waals surface area (Å²) >= 11 is 0. The summed E-state index contributed by atoms with van der Waals surface area (Å²) in [7, 11) is 1.98. The van der Waals surface area contributed by atoms with Gasteiger partial charge in [0.1, 0.15) is 5.52 Å². The second-order valence-corrected chi connectivity index (χ2v) is 2.13. The molecule has 1 N–H and O–H groups in total. The maximum atomic E-state index is 4.06. The van der Waals surface area contributed by atoms with Crippen molar-refractivity contribution in [3.05, 3.63) is 18.7 Å². The van der Waals surface area contributed by atoms with Crippen molar-refractivity contribution in [3.63, 3.8) is 0 Å². The molecule has 0 aromatic carbocycles. The Bertz CT molecular complexity index is 289. The monoisotopic (exact) mass is 121 g/mol. The lowest BCUT2D eigenvalue weighted by atomic mass is 10.5. The van der Waals surface area contributed by atoms with Crippen LogP contribution in [0.5, 0.6) is 0 Å². The molecule has 0 unspecified atom stereocenters. The second-order valence-electron chi connectivity index (χ2n) is 2.13. The number of imidazole rings is 1. The van der Waals surface area contributed by atoms with Gasteiger partial charge < -0.3 is 9.55 Å². The summed E-state index contributed by atoms with van der Waals surface area (Å²) in [5.41, 5.74) is 2.12. The molecule has 46 valence electrons. The van der Waals surface area contributed by atoms with Gasteiger partial charge in [0.15, 0.2) is 0 Å². The molecule has 0 bridgehead atoms. The minimum atomic E-state index is 1.03. The minimum absolute atomic E-state index is 1.03. The lowest BCUT2D eigenvalue weighted by Crippen LogP contribution is -1.77. The molecule has 2 aromatic heterocycles. The number of aromatic nitrogens is 3. The molecule has 0 saturated heterocycles. The van der Waals surface area contributed by atoms with Crippen LogP contribution in [0.1, 0.15) is 0 Å². The Labute approximate surface area is 52.3 Å². The number of H-pyrrole nitrogens is 1. The first-order chi connectivity index (χ1) is 4.36. The van der Waals surface area contributed by atoms with E-state index in [2.05, 4.69) is 9.97 Å². The van der Waals surface area contributed by atoms with Crippen molar-refractivity contribution in [2.45, 2.75) is 0 Å². The molecular formula is C6H7N3. The summed E-state index contributed by atoms with van der Waals surface area (Å²) < 4.78 is 1.98. The fraction of sp³-hybridized carbons (Fsp3) is 0.167. The standard InChI is InChI=1S/C6H7N3/c1-9-2-5-6(3-9)8-4-7-5/h2-4H,1H3,(H,7,8). The van der Waals surface area contributed by atoms with Gasteiger partial charge in [0, 0.05) is 19.4 Å². The van der Waals surface area contributed by atoms with Gasteiger partial charge in [-0.05, 0) is 0 Å². The zero-order valence-corrected chi connectivity index (χ0v) is 5.13. The Hall–Kier alpha value is -1.25. The van der Waals surface area contributed by atoms with E-state index < -0.39 is 0 Å². The number of hydrogen-bond donors (Lipinski definition) is 1.